The average molecular weight is 267 g/mol. The summed E-state index contributed by atoms with van der Waals surface area (Å²) in [6.45, 7) is 5.05. The van der Waals surface area contributed by atoms with Crippen LogP contribution < -0.4 is 5.32 Å². The van der Waals surface area contributed by atoms with Crippen LogP contribution in [0.3, 0.4) is 0 Å². The quantitative estimate of drug-likeness (QED) is 0.762. The molecule has 0 saturated heterocycles. The number of nitrogens with zero attached hydrogens (tertiary/aromatic N) is 3. The molecule has 0 amide bonds. The van der Waals surface area contributed by atoms with E-state index in [1.807, 2.05) is 6.07 Å². The van der Waals surface area contributed by atoms with Crippen LogP contribution in [0.1, 0.15) is 18.9 Å². The first-order chi connectivity index (χ1) is 9.78. The van der Waals surface area contributed by atoms with E-state index in [9.17, 15) is 0 Å². The number of nitrogens with one attached hydrogen (secondary N) is 2. The van der Waals surface area contributed by atoms with Gasteiger partial charge in [0, 0.05) is 12.1 Å². The summed E-state index contributed by atoms with van der Waals surface area (Å²) in [5.74, 6) is 0.639. The zero-order valence-corrected chi connectivity index (χ0v) is 11.6. The lowest BCUT2D eigenvalue weighted by Gasteiger charge is -2.07. The van der Waals surface area contributed by atoms with Gasteiger partial charge >= 0.3 is 0 Å². The lowest BCUT2D eigenvalue weighted by atomic mass is 10.1. The van der Waals surface area contributed by atoms with Gasteiger partial charge in [-0.1, -0.05) is 30.7 Å². The van der Waals surface area contributed by atoms with Crippen molar-refractivity contribution in [2.75, 3.05) is 11.9 Å². The number of aromatic amines is 1. The molecule has 0 radical (unpaired) electrons. The smallest absolute Gasteiger partial charge is 0.225 e. The SMILES string of the molecule is CCCNc1nc(-c2cccc(C)c2)c2cn[nH]c2n1. The number of rotatable bonds is 4. The van der Waals surface area contributed by atoms with Crippen molar-refractivity contribution in [3.63, 3.8) is 0 Å². The van der Waals surface area contributed by atoms with Gasteiger partial charge in [0.2, 0.25) is 5.95 Å². The first-order valence-corrected chi connectivity index (χ1v) is 6.80. The highest BCUT2D eigenvalue weighted by molar-refractivity contribution is 5.90. The predicted octanol–water partition coefficient (Wildman–Crippen LogP) is 3.15. The van der Waals surface area contributed by atoms with Gasteiger partial charge in [0.05, 0.1) is 17.3 Å². The molecule has 0 aliphatic heterocycles. The Morgan fingerprint density at radius 3 is 2.95 bits per heavy atom. The van der Waals surface area contributed by atoms with Crippen LogP contribution in [0.4, 0.5) is 5.95 Å². The number of aryl methyl sites for hydroxylation is 1. The van der Waals surface area contributed by atoms with Crippen molar-refractivity contribution in [3.05, 3.63) is 36.0 Å². The molecule has 0 aliphatic rings. The Kier molecular flexibility index (Phi) is 3.33. The third kappa shape index (κ3) is 2.34. The lowest BCUT2D eigenvalue weighted by Crippen LogP contribution is -2.05. The van der Waals surface area contributed by atoms with E-state index in [2.05, 4.69) is 57.5 Å². The maximum Gasteiger partial charge on any atom is 0.225 e. The van der Waals surface area contributed by atoms with Crippen molar-refractivity contribution in [1.29, 1.82) is 0 Å². The molecule has 0 saturated carbocycles. The topological polar surface area (TPSA) is 66.5 Å². The summed E-state index contributed by atoms with van der Waals surface area (Å²) in [7, 11) is 0. The maximum atomic E-state index is 4.64. The predicted molar refractivity (Wildman–Crippen MR) is 80.6 cm³/mol. The molecule has 0 bridgehead atoms. The number of benzene rings is 1. The van der Waals surface area contributed by atoms with Gasteiger partial charge in [-0.25, -0.2) is 4.98 Å². The molecule has 2 N–H and O–H groups in total. The summed E-state index contributed by atoms with van der Waals surface area (Å²) in [6, 6.07) is 8.30. The molecule has 0 atom stereocenters. The maximum absolute atomic E-state index is 4.64. The summed E-state index contributed by atoms with van der Waals surface area (Å²) in [6.07, 6.45) is 2.81. The van der Waals surface area contributed by atoms with Crippen molar-refractivity contribution < 1.29 is 0 Å². The second kappa shape index (κ2) is 5.28. The van der Waals surface area contributed by atoms with Crippen molar-refractivity contribution in [1.82, 2.24) is 20.2 Å². The van der Waals surface area contributed by atoms with E-state index in [-0.39, 0.29) is 0 Å². The van der Waals surface area contributed by atoms with Crippen LogP contribution in [0.5, 0.6) is 0 Å². The Bertz CT molecular complexity index is 732. The van der Waals surface area contributed by atoms with E-state index in [1.54, 1.807) is 6.20 Å². The van der Waals surface area contributed by atoms with Crippen LogP contribution in [0.15, 0.2) is 30.5 Å². The minimum absolute atomic E-state index is 0.639. The van der Waals surface area contributed by atoms with Gasteiger partial charge in [0.1, 0.15) is 0 Å². The zero-order valence-electron chi connectivity index (χ0n) is 11.6. The van der Waals surface area contributed by atoms with Crippen LogP contribution in [0, 0.1) is 6.92 Å². The molecule has 0 aliphatic carbocycles. The molecule has 0 unspecified atom stereocenters. The lowest BCUT2D eigenvalue weighted by molar-refractivity contribution is 0.955. The van der Waals surface area contributed by atoms with Gasteiger partial charge in [0.15, 0.2) is 5.65 Å². The van der Waals surface area contributed by atoms with Gasteiger partial charge < -0.3 is 5.32 Å². The van der Waals surface area contributed by atoms with Crippen LogP contribution in [0.25, 0.3) is 22.3 Å². The van der Waals surface area contributed by atoms with E-state index in [0.717, 1.165) is 35.3 Å². The molecule has 1 aromatic carbocycles. The zero-order chi connectivity index (χ0) is 13.9. The molecule has 2 heterocycles. The highest BCUT2D eigenvalue weighted by Crippen LogP contribution is 2.26. The van der Waals surface area contributed by atoms with Gasteiger partial charge in [-0.15, -0.1) is 0 Å². The largest absolute Gasteiger partial charge is 0.354 e. The van der Waals surface area contributed by atoms with Gasteiger partial charge in [-0.05, 0) is 19.4 Å². The molecule has 2 aromatic heterocycles. The van der Waals surface area contributed by atoms with E-state index in [0.29, 0.717) is 5.95 Å². The number of aromatic nitrogens is 4. The summed E-state index contributed by atoms with van der Waals surface area (Å²) in [4.78, 5) is 9.08. The molecular weight excluding hydrogens is 250 g/mol. The van der Waals surface area contributed by atoms with Crippen LogP contribution >= 0.6 is 0 Å². The number of H-pyrrole nitrogens is 1. The third-order valence-electron chi connectivity index (χ3n) is 3.13. The molecule has 20 heavy (non-hydrogen) atoms. The highest BCUT2D eigenvalue weighted by Gasteiger charge is 2.11. The molecule has 5 nitrogen and oxygen atoms in total. The van der Waals surface area contributed by atoms with Crippen LogP contribution in [-0.2, 0) is 0 Å². The van der Waals surface area contributed by atoms with Gasteiger partial charge in [-0.3, -0.25) is 5.10 Å². The van der Waals surface area contributed by atoms with Crippen LogP contribution in [0.2, 0.25) is 0 Å². The molecule has 5 heteroatoms. The second-order valence-electron chi connectivity index (χ2n) is 4.82. The minimum Gasteiger partial charge on any atom is -0.354 e. The first-order valence-electron chi connectivity index (χ1n) is 6.80. The van der Waals surface area contributed by atoms with E-state index < -0.39 is 0 Å². The van der Waals surface area contributed by atoms with Crippen molar-refractivity contribution in [2.45, 2.75) is 20.3 Å². The number of hydrogen-bond donors (Lipinski definition) is 2. The fraction of sp³-hybridized carbons (Fsp3) is 0.267. The van der Waals surface area contributed by atoms with Crippen LogP contribution in [-0.4, -0.2) is 26.7 Å². The standard InChI is InChI=1S/C15H17N5/c1-3-7-16-15-18-13(11-6-4-5-10(2)8-11)12-9-17-20-14(12)19-15/h4-6,8-9H,3,7H2,1-2H3,(H2,16,17,18,19,20). The summed E-state index contributed by atoms with van der Waals surface area (Å²) in [5.41, 5.74) is 3.96. The first kappa shape index (κ1) is 12.6. The Balaban J connectivity index is 2.14. The van der Waals surface area contributed by atoms with Gasteiger partial charge in [0.25, 0.3) is 0 Å². The summed E-state index contributed by atoms with van der Waals surface area (Å²) in [5, 5.41) is 11.2. The number of fused-ring (bicyclic) bond motifs is 1. The molecule has 102 valence electrons. The molecule has 3 rings (SSSR count). The normalized spacial score (nSPS) is 10.9. The fourth-order valence-corrected chi connectivity index (χ4v) is 2.16. The highest BCUT2D eigenvalue weighted by atomic mass is 15.2. The van der Waals surface area contributed by atoms with Gasteiger partial charge in [-0.2, -0.15) is 10.1 Å². The Labute approximate surface area is 117 Å². The van der Waals surface area contributed by atoms with Crippen molar-refractivity contribution >= 4 is 17.0 Å². The Morgan fingerprint density at radius 2 is 2.15 bits per heavy atom. The second-order valence-corrected chi connectivity index (χ2v) is 4.82. The number of hydrogen-bond acceptors (Lipinski definition) is 4. The molecule has 0 spiro atoms. The molecule has 0 fully saturated rings. The Hall–Kier alpha value is -2.43. The monoisotopic (exact) mass is 267 g/mol. The van der Waals surface area contributed by atoms with E-state index in [4.69, 9.17) is 0 Å². The fourth-order valence-electron chi connectivity index (χ4n) is 2.16. The summed E-state index contributed by atoms with van der Waals surface area (Å²) >= 11 is 0. The van der Waals surface area contributed by atoms with Crippen molar-refractivity contribution in [2.24, 2.45) is 0 Å². The number of anilines is 1. The average Bonchev–Trinajstić information content (AvgIpc) is 2.92. The molecular formula is C15H17N5. The van der Waals surface area contributed by atoms with Crippen molar-refractivity contribution in [3.8, 4) is 11.3 Å². The minimum atomic E-state index is 0.639. The molecule has 3 aromatic rings. The summed E-state index contributed by atoms with van der Waals surface area (Å²) < 4.78 is 0. The van der Waals surface area contributed by atoms with E-state index in [1.165, 1.54) is 5.56 Å². The van der Waals surface area contributed by atoms with E-state index >= 15 is 0 Å². The Morgan fingerprint density at radius 1 is 1.25 bits per heavy atom. The third-order valence-corrected chi connectivity index (χ3v) is 3.13.